The maximum absolute atomic E-state index is 5.61. The fourth-order valence-corrected chi connectivity index (χ4v) is 2.22. The van der Waals surface area contributed by atoms with Crippen LogP contribution in [0.1, 0.15) is 5.56 Å². The first-order valence-electron chi connectivity index (χ1n) is 3.56. The molecule has 0 radical (unpaired) electrons. The van der Waals surface area contributed by atoms with Crippen molar-refractivity contribution in [2.24, 2.45) is 10.7 Å². The summed E-state index contributed by atoms with van der Waals surface area (Å²) in [5, 5.41) is 4.79. The van der Waals surface area contributed by atoms with Crippen LogP contribution in [0.4, 0.5) is 0 Å². The van der Waals surface area contributed by atoms with Gasteiger partial charge in [-0.3, -0.25) is 0 Å². The largest absolute Gasteiger partial charge is 0.378 e. The number of aliphatic imine (C=N–C) groups is 1. The van der Waals surface area contributed by atoms with Crippen LogP contribution < -0.4 is 5.73 Å². The van der Waals surface area contributed by atoms with Gasteiger partial charge in [-0.25, -0.2) is 4.99 Å². The van der Waals surface area contributed by atoms with Gasteiger partial charge in [0.2, 0.25) is 0 Å². The highest BCUT2D eigenvalue weighted by Gasteiger charge is 2.06. The molecule has 12 heavy (non-hydrogen) atoms. The fraction of sp³-hybridized carbons (Fsp3) is 0.125. The van der Waals surface area contributed by atoms with Crippen LogP contribution in [0.3, 0.4) is 0 Å². The van der Waals surface area contributed by atoms with E-state index in [0.717, 1.165) is 11.4 Å². The van der Waals surface area contributed by atoms with E-state index in [2.05, 4.69) is 22.5 Å². The van der Waals surface area contributed by atoms with Gasteiger partial charge in [0.05, 0.1) is 5.70 Å². The van der Waals surface area contributed by atoms with Crippen LogP contribution in [0.5, 0.6) is 0 Å². The molecule has 2 nitrogen and oxygen atoms in total. The maximum Gasteiger partial charge on any atom is 0.159 e. The van der Waals surface area contributed by atoms with E-state index >= 15 is 0 Å². The van der Waals surface area contributed by atoms with Crippen molar-refractivity contribution >= 4 is 34.0 Å². The molecular formula is C8H8N2S2. The van der Waals surface area contributed by atoms with Gasteiger partial charge in [-0.2, -0.15) is 11.3 Å². The summed E-state index contributed by atoms with van der Waals surface area (Å²) in [5.41, 5.74) is 7.78. The molecule has 4 heteroatoms. The molecule has 0 saturated heterocycles. The summed E-state index contributed by atoms with van der Waals surface area (Å²) in [4.78, 5) is 4.25. The number of hydrogen-bond acceptors (Lipinski definition) is 4. The molecule has 0 spiro atoms. The van der Waals surface area contributed by atoms with E-state index in [1.807, 2.05) is 5.38 Å². The van der Waals surface area contributed by atoms with Gasteiger partial charge in [-0.15, -0.1) is 0 Å². The van der Waals surface area contributed by atoms with Crippen molar-refractivity contribution in [3.8, 4) is 0 Å². The second kappa shape index (κ2) is 3.33. The first-order chi connectivity index (χ1) is 5.86. The Hall–Kier alpha value is -0.740. The molecule has 0 saturated carbocycles. The van der Waals surface area contributed by atoms with Crippen LogP contribution in [0.25, 0.3) is 5.70 Å². The van der Waals surface area contributed by atoms with Crippen molar-refractivity contribution in [1.82, 2.24) is 0 Å². The number of thioether (sulfide) groups is 1. The molecule has 0 fully saturated rings. The Kier molecular flexibility index (Phi) is 2.19. The quantitative estimate of drug-likeness (QED) is 0.747. The van der Waals surface area contributed by atoms with Gasteiger partial charge >= 0.3 is 0 Å². The van der Waals surface area contributed by atoms with Crippen LogP contribution in [-0.2, 0) is 0 Å². The minimum Gasteiger partial charge on any atom is -0.378 e. The Morgan fingerprint density at radius 3 is 3.08 bits per heavy atom. The predicted molar refractivity (Wildman–Crippen MR) is 56.4 cm³/mol. The molecule has 0 aliphatic carbocycles. The highest BCUT2D eigenvalue weighted by atomic mass is 32.2. The summed E-state index contributed by atoms with van der Waals surface area (Å²) in [6.07, 6.45) is 2.10. The second-order valence-electron chi connectivity index (χ2n) is 2.36. The van der Waals surface area contributed by atoms with Crippen molar-refractivity contribution < 1.29 is 0 Å². The maximum atomic E-state index is 5.61. The molecule has 62 valence electrons. The molecular weight excluding hydrogens is 188 g/mol. The van der Waals surface area contributed by atoms with Crippen LogP contribution in [0, 0.1) is 0 Å². The molecule has 0 amide bonds. The van der Waals surface area contributed by atoms with Crippen molar-refractivity contribution in [1.29, 1.82) is 0 Å². The van der Waals surface area contributed by atoms with Gasteiger partial charge < -0.3 is 5.73 Å². The predicted octanol–water partition coefficient (Wildman–Crippen LogP) is 2.15. The Balaban J connectivity index is 2.31. The number of thiophene rings is 1. The molecule has 0 bridgehead atoms. The minimum atomic E-state index is 0.665. The third-order valence-corrected chi connectivity index (χ3v) is 2.96. The third kappa shape index (κ3) is 1.54. The van der Waals surface area contributed by atoms with E-state index < -0.39 is 0 Å². The van der Waals surface area contributed by atoms with E-state index in [4.69, 9.17) is 5.73 Å². The molecule has 1 aliphatic heterocycles. The number of nitrogens with zero attached hydrogens (tertiary/aromatic N) is 1. The van der Waals surface area contributed by atoms with E-state index in [1.54, 1.807) is 23.1 Å². The molecule has 1 aromatic heterocycles. The summed E-state index contributed by atoms with van der Waals surface area (Å²) in [6.45, 7) is 0. The van der Waals surface area contributed by atoms with Crippen molar-refractivity contribution in [2.75, 3.05) is 5.75 Å². The molecule has 2 N–H and O–H groups in total. The molecule has 2 rings (SSSR count). The van der Waals surface area contributed by atoms with Gasteiger partial charge in [-0.1, -0.05) is 11.8 Å². The number of nitrogens with two attached hydrogens (primary N) is 1. The first kappa shape index (κ1) is 7.89. The average Bonchev–Trinajstić information content (AvgIpc) is 2.56. The summed E-state index contributed by atoms with van der Waals surface area (Å²) in [7, 11) is 0. The Morgan fingerprint density at radius 2 is 2.42 bits per heavy atom. The van der Waals surface area contributed by atoms with Gasteiger partial charge in [0.25, 0.3) is 0 Å². The lowest BCUT2D eigenvalue weighted by atomic mass is 10.2. The van der Waals surface area contributed by atoms with E-state index in [-0.39, 0.29) is 0 Å². The van der Waals surface area contributed by atoms with Crippen molar-refractivity contribution in [2.45, 2.75) is 0 Å². The third-order valence-electron chi connectivity index (χ3n) is 1.56. The Bertz CT molecular complexity index is 325. The second-order valence-corrected chi connectivity index (χ2v) is 4.18. The molecule has 1 aromatic rings. The average molecular weight is 196 g/mol. The summed E-state index contributed by atoms with van der Waals surface area (Å²) in [5.74, 6) is 0.931. The number of hydrogen-bond donors (Lipinski definition) is 1. The zero-order chi connectivity index (χ0) is 8.39. The topological polar surface area (TPSA) is 38.4 Å². The van der Waals surface area contributed by atoms with Crippen molar-refractivity contribution in [3.05, 3.63) is 28.5 Å². The van der Waals surface area contributed by atoms with Crippen LogP contribution in [-0.4, -0.2) is 10.9 Å². The normalized spacial score (nSPS) is 17.0. The minimum absolute atomic E-state index is 0.665. The Labute approximate surface area is 79.2 Å². The van der Waals surface area contributed by atoms with Gasteiger partial charge in [-0.05, 0) is 17.5 Å². The van der Waals surface area contributed by atoms with E-state index in [0.29, 0.717) is 5.17 Å². The van der Waals surface area contributed by atoms with Crippen molar-refractivity contribution in [3.63, 3.8) is 0 Å². The molecule has 0 aromatic carbocycles. The molecule has 0 unspecified atom stereocenters. The highest BCUT2D eigenvalue weighted by molar-refractivity contribution is 8.14. The fourth-order valence-electron chi connectivity index (χ4n) is 0.995. The zero-order valence-electron chi connectivity index (χ0n) is 6.36. The summed E-state index contributed by atoms with van der Waals surface area (Å²) >= 11 is 3.25. The zero-order valence-corrected chi connectivity index (χ0v) is 7.99. The Morgan fingerprint density at radius 1 is 1.50 bits per heavy atom. The molecule has 2 heterocycles. The summed E-state index contributed by atoms with van der Waals surface area (Å²) < 4.78 is 0. The van der Waals surface area contributed by atoms with Gasteiger partial charge in [0.15, 0.2) is 5.17 Å². The lowest BCUT2D eigenvalue weighted by Gasteiger charge is -2.06. The SMILES string of the molecule is NC1=NC(c2ccsc2)=CCS1. The van der Waals surface area contributed by atoms with Crippen LogP contribution in [0.2, 0.25) is 0 Å². The molecule has 0 atom stereocenters. The monoisotopic (exact) mass is 196 g/mol. The summed E-state index contributed by atoms with van der Waals surface area (Å²) in [6, 6.07) is 2.06. The van der Waals surface area contributed by atoms with E-state index in [9.17, 15) is 0 Å². The smallest absolute Gasteiger partial charge is 0.159 e. The lowest BCUT2D eigenvalue weighted by Crippen LogP contribution is -2.09. The number of rotatable bonds is 1. The van der Waals surface area contributed by atoms with Crippen LogP contribution >= 0.6 is 23.1 Å². The van der Waals surface area contributed by atoms with Crippen LogP contribution in [0.15, 0.2) is 27.9 Å². The van der Waals surface area contributed by atoms with Gasteiger partial charge in [0.1, 0.15) is 0 Å². The van der Waals surface area contributed by atoms with Gasteiger partial charge in [0, 0.05) is 16.7 Å². The lowest BCUT2D eigenvalue weighted by molar-refractivity contribution is 1.49. The first-order valence-corrected chi connectivity index (χ1v) is 5.49. The highest BCUT2D eigenvalue weighted by Crippen LogP contribution is 2.23. The number of amidine groups is 1. The standard InChI is InChI=1S/C8H8N2S2/c9-8-10-7(2-4-12-8)6-1-3-11-5-6/h1-3,5H,4H2,(H2,9,10). The molecule has 1 aliphatic rings. The van der Waals surface area contributed by atoms with E-state index in [1.165, 1.54) is 5.56 Å².